The van der Waals surface area contributed by atoms with Crippen LogP contribution >= 0.6 is 0 Å². The number of hydrogen-bond donors (Lipinski definition) is 2. The van der Waals surface area contributed by atoms with Gasteiger partial charge >= 0.3 is 12.1 Å². The normalized spacial score (nSPS) is 22.4. The minimum atomic E-state index is -1.17. The third-order valence-electron chi connectivity index (χ3n) is 7.23. The SMILES string of the molecule is CC1CN(C(=O)C(CC(=O)O)NC(=O)OCC2c3ccccc3-c3ccccc32)C(C)C1C. The average Bonchev–Trinajstić information content (AvgIpc) is 3.25. The van der Waals surface area contributed by atoms with Crippen molar-refractivity contribution in [1.82, 2.24) is 10.2 Å². The van der Waals surface area contributed by atoms with Gasteiger partial charge in [0.2, 0.25) is 5.91 Å². The summed E-state index contributed by atoms with van der Waals surface area (Å²) in [5.74, 6) is -1.04. The van der Waals surface area contributed by atoms with E-state index >= 15 is 0 Å². The number of carboxylic acids is 1. The molecule has 0 bridgehead atoms. The zero-order valence-electron chi connectivity index (χ0n) is 19.2. The summed E-state index contributed by atoms with van der Waals surface area (Å²) in [5.41, 5.74) is 4.40. The molecule has 2 aliphatic rings. The highest BCUT2D eigenvalue weighted by Gasteiger charge is 2.40. The first-order chi connectivity index (χ1) is 15.8. The predicted octanol–water partition coefficient (Wildman–Crippen LogP) is 3.87. The van der Waals surface area contributed by atoms with Gasteiger partial charge in [-0.2, -0.15) is 0 Å². The molecule has 4 rings (SSSR count). The Kier molecular flexibility index (Phi) is 6.40. The third kappa shape index (κ3) is 4.45. The summed E-state index contributed by atoms with van der Waals surface area (Å²) in [4.78, 5) is 38.8. The third-order valence-corrected chi connectivity index (χ3v) is 7.23. The summed E-state index contributed by atoms with van der Waals surface area (Å²) in [5, 5.41) is 11.8. The Morgan fingerprint density at radius 2 is 1.61 bits per heavy atom. The van der Waals surface area contributed by atoms with E-state index in [0.29, 0.717) is 18.4 Å². The highest BCUT2D eigenvalue weighted by atomic mass is 16.5. The molecule has 2 aromatic rings. The Labute approximate surface area is 193 Å². The lowest BCUT2D eigenvalue weighted by Crippen LogP contribution is -2.51. The first-order valence-electron chi connectivity index (χ1n) is 11.4. The van der Waals surface area contributed by atoms with E-state index in [4.69, 9.17) is 4.74 Å². The molecule has 1 heterocycles. The summed E-state index contributed by atoms with van der Waals surface area (Å²) < 4.78 is 5.52. The van der Waals surface area contributed by atoms with Crippen molar-refractivity contribution in [3.05, 3.63) is 59.7 Å². The monoisotopic (exact) mass is 450 g/mol. The van der Waals surface area contributed by atoms with Gasteiger partial charge in [-0.05, 0) is 41.0 Å². The molecule has 4 unspecified atom stereocenters. The summed E-state index contributed by atoms with van der Waals surface area (Å²) >= 11 is 0. The van der Waals surface area contributed by atoms with Crippen LogP contribution in [-0.2, 0) is 14.3 Å². The van der Waals surface area contributed by atoms with Crippen molar-refractivity contribution in [2.75, 3.05) is 13.2 Å². The standard InChI is InChI=1S/C26H30N2O5/c1-15-13-28(17(3)16(15)2)25(31)23(12-24(29)30)27-26(32)33-14-22-20-10-6-4-8-18(20)19-9-5-7-11-21(19)22/h4-11,15-17,22-23H,12-14H2,1-3H3,(H,27,32)(H,29,30). The van der Waals surface area contributed by atoms with Crippen molar-refractivity contribution >= 4 is 18.0 Å². The van der Waals surface area contributed by atoms with Crippen LogP contribution in [0.3, 0.4) is 0 Å². The second kappa shape index (κ2) is 9.25. The molecular weight excluding hydrogens is 420 g/mol. The molecule has 0 spiro atoms. The number of carboxylic acid groups (broad SMARTS) is 1. The second-order valence-electron chi connectivity index (χ2n) is 9.19. The zero-order chi connectivity index (χ0) is 23.7. The Bertz CT molecular complexity index is 1020. The fourth-order valence-electron chi connectivity index (χ4n) is 5.05. The van der Waals surface area contributed by atoms with Crippen LogP contribution in [-0.4, -0.2) is 53.2 Å². The van der Waals surface area contributed by atoms with Gasteiger partial charge in [-0.25, -0.2) is 4.79 Å². The van der Waals surface area contributed by atoms with Crippen LogP contribution in [0.2, 0.25) is 0 Å². The van der Waals surface area contributed by atoms with E-state index in [1.54, 1.807) is 4.90 Å². The van der Waals surface area contributed by atoms with E-state index in [1.807, 2.05) is 43.3 Å². The van der Waals surface area contributed by atoms with Gasteiger partial charge in [-0.3, -0.25) is 9.59 Å². The Morgan fingerprint density at radius 1 is 1.03 bits per heavy atom. The molecule has 7 nitrogen and oxygen atoms in total. The number of carbonyl (C=O) groups excluding carboxylic acids is 2. The van der Waals surface area contributed by atoms with Crippen LogP contribution in [0.15, 0.2) is 48.5 Å². The van der Waals surface area contributed by atoms with Gasteiger partial charge in [0.05, 0.1) is 6.42 Å². The predicted molar refractivity (Wildman–Crippen MR) is 124 cm³/mol. The van der Waals surface area contributed by atoms with Crippen molar-refractivity contribution in [2.45, 2.75) is 45.2 Å². The molecule has 0 radical (unpaired) electrons. The smallest absolute Gasteiger partial charge is 0.407 e. The van der Waals surface area contributed by atoms with E-state index < -0.39 is 24.5 Å². The van der Waals surface area contributed by atoms with Crippen LogP contribution in [0.1, 0.15) is 44.2 Å². The van der Waals surface area contributed by atoms with Crippen molar-refractivity contribution in [3.63, 3.8) is 0 Å². The average molecular weight is 451 g/mol. The van der Waals surface area contributed by atoms with Gasteiger partial charge in [-0.15, -0.1) is 0 Å². The van der Waals surface area contributed by atoms with Gasteiger partial charge < -0.3 is 20.1 Å². The number of fused-ring (bicyclic) bond motifs is 3. The molecule has 1 aliphatic carbocycles. The Balaban J connectivity index is 1.44. The van der Waals surface area contributed by atoms with E-state index in [9.17, 15) is 19.5 Å². The van der Waals surface area contributed by atoms with Crippen LogP contribution in [0, 0.1) is 11.8 Å². The van der Waals surface area contributed by atoms with E-state index in [2.05, 4.69) is 31.3 Å². The number of alkyl carbamates (subject to hydrolysis) is 1. The molecule has 1 saturated heterocycles. The quantitative estimate of drug-likeness (QED) is 0.697. The van der Waals surface area contributed by atoms with Gasteiger partial charge in [0.1, 0.15) is 12.6 Å². The number of amides is 2. The van der Waals surface area contributed by atoms with E-state index in [0.717, 1.165) is 22.3 Å². The van der Waals surface area contributed by atoms with Crippen molar-refractivity contribution in [1.29, 1.82) is 0 Å². The molecule has 7 heteroatoms. The van der Waals surface area contributed by atoms with E-state index in [1.165, 1.54) is 0 Å². The lowest BCUT2D eigenvalue weighted by atomic mass is 9.95. The minimum Gasteiger partial charge on any atom is -0.481 e. The minimum absolute atomic E-state index is 0.0203. The number of benzene rings is 2. The molecule has 4 atom stereocenters. The molecule has 2 aromatic carbocycles. The number of ether oxygens (including phenoxy) is 1. The number of likely N-dealkylation sites (tertiary alicyclic amines) is 1. The molecule has 174 valence electrons. The molecule has 0 aromatic heterocycles. The number of hydrogen-bond acceptors (Lipinski definition) is 4. The highest BCUT2D eigenvalue weighted by Crippen LogP contribution is 2.44. The Morgan fingerprint density at radius 3 is 2.12 bits per heavy atom. The summed E-state index contributed by atoms with van der Waals surface area (Å²) in [6.07, 6.45) is -1.28. The van der Waals surface area contributed by atoms with Crippen molar-refractivity contribution in [3.8, 4) is 11.1 Å². The van der Waals surface area contributed by atoms with Gasteiger partial charge in [0.15, 0.2) is 0 Å². The molecule has 1 aliphatic heterocycles. The van der Waals surface area contributed by atoms with Crippen LogP contribution in [0.4, 0.5) is 4.79 Å². The van der Waals surface area contributed by atoms with Crippen molar-refractivity contribution in [2.24, 2.45) is 11.8 Å². The zero-order valence-corrected chi connectivity index (χ0v) is 19.2. The molecular formula is C26H30N2O5. The lowest BCUT2D eigenvalue weighted by molar-refractivity contribution is -0.143. The van der Waals surface area contributed by atoms with Crippen LogP contribution < -0.4 is 5.32 Å². The molecule has 1 fully saturated rings. The van der Waals surface area contributed by atoms with Gasteiger partial charge in [0.25, 0.3) is 0 Å². The van der Waals surface area contributed by atoms with Gasteiger partial charge in [-0.1, -0.05) is 62.4 Å². The first-order valence-corrected chi connectivity index (χ1v) is 11.4. The molecule has 2 N–H and O–H groups in total. The maximum absolute atomic E-state index is 13.1. The summed E-state index contributed by atoms with van der Waals surface area (Å²) in [6, 6.07) is 14.8. The number of rotatable bonds is 6. The van der Waals surface area contributed by atoms with Crippen LogP contribution in [0.5, 0.6) is 0 Å². The number of nitrogens with one attached hydrogen (secondary N) is 1. The first kappa shape index (κ1) is 22.8. The maximum Gasteiger partial charge on any atom is 0.407 e. The highest BCUT2D eigenvalue weighted by molar-refractivity contribution is 5.89. The fraction of sp³-hybridized carbons (Fsp3) is 0.423. The number of aliphatic carboxylic acids is 1. The molecule has 0 saturated carbocycles. The Hall–Kier alpha value is -3.35. The summed E-state index contributed by atoms with van der Waals surface area (Å²) in [6.45, 7) is 6.75. The van der Waals surface area contributed by atoms with E-state index in [-0.39, 0.29) is 24.5 Å². The second-order valence-corrected chi connectivity index (χ2v) is 9.19. The molecule has 2 amide bonds. The number of nitrogens with zero attached hydrogens (tertiary/aromatic N) is 1. The molecule has 33 heavy (non-hydrogen) atoms. The summed E-state index contributed by atoms with van der Waals surface area (Å²) in [7, 11) is 0. The largest absolute Gasteiger partial charge is 0.481 e. The van der Waals surface area contributed by atoms with Crippen molar-refractivity contribution < 1.29 is 24.2 Å². The lowest BCUT2D eigenvalue weighted by Gasteiger charge is -2.28. The van der Waals surface area contributed by atoms with Crippen LogP contribution in [0.25, 0.3) is 11.1 Å². The maximum atomic E-state index is 13.1. The topological polar surface area (TPSA) is 95.9 Å². The number of carbonyl (C=O) groups is 3. The fourth-order valence-corrected chi connectivity index (χ4v) is 5.05. The van der Waals surface area contributed by atoms with Gasteiger partial charge in [0, 0.05) is 18.5 Å².